The maximum absolute atomic E-state index is 12.4. The van der Waals surface area contributed by atoms with Gasteiger partial charge in [-0.05, 0) is 37.1 Å². The van der Waals surface area contributed by atoms with Gasteiger partial charge in [0.1, 0.15) is 17.2 Å². The maximum atomic E-state index is 12.4. The zero-order valence-electron chi connectivity index (χ0n) is 16.0. The van der Waals surface area contributed by atoms with Gasteiger partial charge < -0.3 is 20.1 Å². The Hall–Kier alpha value is -2.76. The largest absolute Gasteiger partial charge is 0.497 e. The molecular formula is C21H27N3O3. The Bertz CT molecular complexity index is 754. The van der Waals surface area contributed by atoms with E-state index in [0.717, 1.165) is 30.0 Å². The first-order valence-corrected chi connectivity index (χ1v) is 9.45. The molecule has 3 rings (SSSR count). The molecule has 1 aromatic carbocycles. The highest BCUT2D eigenvalue weighted by Gasteiger charge is 2.16. The third-order valence-corrected chi connectivity index (χ3v) is 4.87. The summed E-state index contributed by atoms with van der Waals surface area (Å²) < 4.78 is 10.6. The molecule has 0 aliphatic heterocycles. The van der Waals surface area contributed by atoms with Crippen LogP contribution < -0.4 is 20.1 Å². The molecule has 0 bridgehead atoms. The molecule has 1 aliphatic carbocycles. The van der Waals surface area contributed by atoms with Crippen molar-refractivity contribution in [1.82, 2.24) is 10.3 Å². The third-order valence-electron chi connectivity index (χ3n) is 4.87. The predicted molar refractivity (Wildman–Crippen MR) is 106 cm³/mol. The SMILES string of the molecule is COc1ccc(Nc2ccc(C(=O)NC3CCCCCC3)nc2)c(OC)c1. The fraction of sp³-hybridized carbons (Fsp3) is 0.429. The molecule has 27 heavy (non-hydrogen) atoms. The minimum Gasteiger partial charge on any atom is -0.497 e. The van der Waals surface area contributed by atoms with Crippen LogP contribution in [-0.4, -0.2) is 31.2 Å². The number of benzene rings is 1. The number of methoxy groups -OCH3 is 2. The molecule has 0 spiro atoms. The average Bonchev–Trinajstić information content (AvgIpc) is 2.97. The highest BCUT2D eigenvalue weighted by atomic mass is 16.5. The number of ether oxygens (including phenoxy) is 2. The second-order valence-corrected chi connectivity index (χ2v) is 6.79. The predicted octanol–water partition coefficient (Wildman–Crippen LogP) is 4.30. The molecule has 0 radical (unpaired) electrons. The van der Waals surface area contributed by atoms with Crippen LogP contribution in [0.3, 0.4) is 0 Å². The summed E-state index contributed by atoms with van der Waals surface area (Å²) in [4.78, 5) is 16.8. The first-order chi connectivity index (χ1) is 13.2. The van der Waals surface area contributed by atoms with Gasteiger partial charge >= 0.3 is 0 Å². The fourth-order valence-corrected chi connectivity index (χ4v) is 3.34. The number of pyridine rings is 1. The lowest BCUT2D eigenvalue weighted by Crippen LogP contribution is -2.34. The van der Waals surface area contributed by atoms with Crippen LogP contribution in [0.1, 0.15) is 49.0 Å². The Balaban J connectivity index is 1.64. The van der Waals surface area contributed by atoms with Gasteiger partial charge in [0, 0.05) is 12.1 Å². The Morgan fingerprint density at radius 3 is 2.44 bits per heavy atom. The average molecular weight is 369 g/mol. The Morgan fingerprint density at radius 2 is 1.81 bits per heavy atom. The number of nitrogens with zero attached hydrogens (tertiary/aromatic N) is 1. The highest BCUT2D eigenvalue weighted by molar-refractivity contribution is 5.92. The van der Waals surface area contributed by atoms with Crippen molar-refractivity contribution in [3.63, 3.8) is 0 Å². The maximum Gasteiger partial charge on any atom is 0.270 e. The van der Waals surface area contributed by atoms with E-state index in [1.807, 2.05) is 24.3 Å². The van der Waals surface area contributed by atoms with Crippen LogP contribution in [-0.2, 0) is 0 Å². The zero-order valence-corrected chi connectivity index (χ0v) is 16.0. The third kappa shape index (κ3) is 5.12. The lowest BCUT2D eigenvalue weighted by molar-refractivity contribution is 0.0928. The summed E-state index contributed by atoms with van der Waals surface area (Å²) in [6, 6.07) is 9.40. The minimum absolute atomic E-state index is 0.101. The molecule has 0 unspecified atom stereocenters. The van der Waals surface area contributed by atoms with Crippen molar-refractivity contribution in [3.8, 4) is 11.5 Å². The number of amides is 1. The van der Waals surface area contributed by atoms with Crippen molar-refractivity contribution in [2.24, 2.45) is 0 Å². The standard InChI is InChI=1S/C21H27N3O3/c1-26-17-10-12-18(20(13-17)27-2)23-16-9-11-19(22-14-16)21(25)24-15-7-5-3-4-6-8-15/h9-15,23H,3-8H2,1-2H3,(H,24,25). The Morgan fingerprint density at radius 1 is 1.04 bits per heavy atom. The fourth-order valence-electron chi connectivity index (χ4n) is 3.34. The van der Waals surface area contributed by atoms with Crippen molar-refractivity contribution in [1.29, 1.82) is 0 Å². The van der Waals surface area contributed by atoms with Gasteiger partial charge in [-0.3, -0.25) is 4.79 Å². The molecule has 1 fully saturated rings. The van der Waals surface area contributed by atoms with E-state index in [1.54, 1.807) is 26.5 Å². The van der Waals surface area contributed by atoms with Crippen LogP contribution in [0.4, 0.5) is 11.4 Å². The van der Waals surface area contributed by atoms with Gasteiger partial charge in [-0.15, -0.1) is 0 Å². The minimum atomic E-state index is -0.101. The lowest BCUT2D eigenvalue weighted by Gasteiger charge is -2.16. The molecule has 1 saturated carbocycles. The van der Waals surface area contributed by atoms with Gasteiger partial charge in [-0.1, -0.05) is 25.7 Å². The van der Waals surface area contributed by atoms with Gasteiger partial charge in [-0.2, -0.15) is 0 Å². The van der Waals surface area contributed by atoms with Crippen molar-refractivity contribution < 1.29 is 14.3 Å². The lowest BCUT2D eigenvalue weighted by atomic mass is 10.1. The summed E-state index contributed by atoms with van der Waals surface area (Å²) in [6.45, 7) is 0. The van der Waals surface area contributed by atoms with Gasteiger partial charge in [0.05, 0.1) is 31.8 Å². The molecule has 1 aromatic heterocycles. The summed E-state index contributed by atoms with van der Waals surface area (Å²) in [7, 11) is 3.23. The molecule has 6 heteroatoms. The number of anilines is 2. The number of carbonyl (C=O) groups excluding carboxylic acids is 1. The van der Waals surface area contributed by atoms with Crippen molar-refractivity contribution in [2.75, 3.05) is 19.5 Å². The van der Waals surface area contributed by atoms with Crippen molar-refractivity contribution >= 4 is 17.3 Å². The number of hydrogen-bond acceptors (Lipinski definition) is 5. The highest BCUT2D eigenvalue weighted by Crippen LogP contribution is 2.31. The topological polar surface area (TPSA) is 72.5 Å². The smallest absolute Gasteiger partial charge is 0.270 e. The molecular weight excluding hydrogens is 342 g/mol. The number of carbonyl (C=O) groups is 1. The molecule has 2 N–H and O–H groups in total. The second kappa shape index (κ2) is 9.26. The summed E-state index contributed by atoms with van der Waals surface area (Å²) >= 11 is 0. The van der Waals surface area contributed by atoms with Crippen molar-refractivity contribution in [3.05, 3.63) is 42.2 Å². The Labute approximate surface area is 160 Å². The summed E-state index contributed by atoms with van der Waals surface area (Å²) in [5.41, 5.74) is 2.02. The second-order valence-electron chi connectivity index (χ2n) is 6.79. The molecule has 1 amide bonds. The number of rotatable bonds is 6. The van der Waals surface area contributed by atoms with Gasteiger partial charge in [0.25, 0.3) is 5.91 Å². The van der Waals surface area contributed by atoms with Crippen LogP contribution in [0.15, 0.2) is 36.5 Å². The van der Waals surface area contributed by atoms with E-state index in [0.29, 0.717) is 11.4 Å². The summed E-state index contributed by atoms with van der Waals surface area (Å²) in [5.74, 6) is 1.29. The normalized spacial score (nSPS) is 14.9. The first kappa shape index (κ1) is 19.0. The van der Waals surface area contributed by atoms with E-state index >= 15 is 0 Å². The molecule has 0 saturated heterocycles. The quantitative estimate of drug-likeness (QED) is 0.743. The van der Waals surface area contributed by atoms with Gasteiger partial charge in [0.2, 0.25) is 0 Å². The van der Waals surface area contributed by atoms with E-state index in [1.165, 1.54) is 25.7 Å². The van der Waals surface area contributed by atoms with Gasteiger partial charge in [0.15, 0.2) is 0 Å². The first-order valence-electron chi connectivity index (χ1n) is 9.45. The number of nitrogens with one attached hydrogen (secondary N) is 2. The summed E-state index contributed by atoms with van der Waals surface area (Å²) in [6.07, 6.45) is 8.67. The van der Waals surface area contributed by atoms with E-state index in [2.05, 4.69) is 15.6 Å². The molecule has 6 nitrogen and oxygen atoms in total. The van der Waals surface area contributed by atoms with Crippen LogP contribution in [0.2, 0.25) is 0 Å². The zero-order chi connectivity index (χ0) is 19.1. The van der Waals surface area contributed by atoms with E-state index in [-0.39, 0.29) is 11.9 Å². The number of hydrogen-bond donors (Lipinski definition) is 2. The van der Waals surface area contributed by atoms with Crippen LogP contribution in [0.5, 0.6) is 11.5 Å². The van der Waals surface area contributed by atoms with Crippen LogP contribution in [0, 0.1) is 0 Å². The van der Waals surface area contributed by atoms with E-state index in [4.69, 9.17) is 9.47 Å². The van der Waals surface area contributed by atoms with Crippen LogP contribution >= 0.6 is 0 Å². The monoisotopic (exact) mass is 369 g/mol. The van der Waals surface area contributed by atoms with E-state index < -0.39 is 0 Å². The Kier molecular flexibility index (Phi) is 6.52. The molecule has 0 atom stereocenters. The molecule has 2 aromatic rings. The van der Waals surface area contributed by atoms with Crippen molar-refractivity contribution in [2.45, 2.75) is 44.6 Å². The molecule has 1 aliphatic rings. The number of aromatic nitrogens is 1. The summed E-state index contributed by atoms with van der Waals surface area (Å²) in [5, 5.41) is 6.38. The van der Waals surface area contributed by atoms with Crippen LogP contribution in [0.25, 0.3) is 0 Å². The molecule has 144 valence electrons. The van der Waals surface area contributed by atoms with E-state index in [9.17, 15) is 4.79 Å². The van der Waals surface area contributed by atoms with Gasteiger partial charge in [-0.25, -0.2) is 4.98 Å². The molecule has 1 heterocycles.